The maximum atomic E-state index is 3.77. The van der Waals surface area contributed by atoms with Gasteiger partial charge >= 0.3 is 0 Å². The molecule has 126 valence electrons. The first-order valence-corrected chi connectivity index (χ1v) is 9.12. The van der Waals surface area contributed by atoms with E-state index in [0.29, 0.717) is 6.04 Å². The topological polar surface area (TPSA) is 18.5 Å². The van der Waals surface area contributed by atoms with Gasteiger partial charge in [0.15, 0.2) is 0 Å². The SMILES string of the molecule is CCCCCCCC(C)NCC(C)(C)N1CCN(C)CC1. The number of piperazine rings is 1. The van der Waals surface area contributed by atoms with E-state index >= 15 is 0 Å². The van der Waals surface area contributed by atoms with Crippen LogP contribution in [0, 0.1) is 0 Å². The Morgan fingerprint density at radius 3 is 2.24 bits per heavy atom. The van der Waals surface area contributed by atoms with E-state index in [4.69, 9.17) is 0 Å². The first-order chi connectivity index (χ1) is 9.95. The van der Waals surface area contributed by atoms with Crippen molar-refractivity contribution < 1.29 is 0 Å². The van der Waals surface area contributed by atoms with Crippen molar-refractivity contribution in [1.29, 1.82) is 0 Å². The Kier molecular flexibility index (Phi) is 8.84. The number of rotatable bonds is 10. The maximum absolute atomic E-state index is 3.77. The first kappa shape index (κ1) is 18.9. The molecule has 0 aromatic carbocycles. The third-order valence-electron chi connectivity index (χ3n) is 4.98. The van der Waals surface area contributed by atoms with Crippen LogP contribution < -0.4 is 5.32 Å². The zero-order valence-electron chi connectivity index (χ0n) is 15.2. The van der Waals surface area contributed by atoms with Crippen LogP contribution in [-0.2, 0) is 0 Å². The number of unbranched alkanes of at least 4 members (excludes halogenated alkanes) is 4. The Balaban J connectivity index is 2.16. The number of nitrogens with zero attached hydrogens (tertiary/aromatic N) is 2. The Morgan fingerprint density at radius 1 is 1.00 bits per heavy atom. The second-order valence-corrected chi connectivity index (χ2v) is 7.59. The summed E-state index contributed by atoms with van der Waals surface area (Å²) >= 11 is 0. The van der Waals surface area contributed by atoms with Crippen molar-refractivity contribution >= 4 is 0 Å². The van der Waals surface area contributed by atoms with Gasteiger partial charge in [-0.3, -0.25) is 4.90 Å². The number of likely N-dealkylation sites (N-methyl/N-ethyl adjacent to an activating group) is 1. The largest absolute Gasteiger partial charge is 0.312 e. The lowest BCUT2D eigenvalue weighted by Gasteiger charge is -2.44. The van der Waals surface area contributed by atoms with Crippen molar-refractivity contribution in [2.45, 2.75) is 77.8 Å². The molecule has 0 bridgehead atoms. The van der Waals surface area contributed by atoms with Gasteiger partial charge < -0.3 is 10.2 Å². The fourth-order valence-electron chi connectivity index (χ4n) is 3.10. The number of nitrogens with one attached hydrogen (secondary N) is 1. The van der Waals surface area contributed by atoms with E-state index in [1.165, 1.54) is 64.7 Å². The van der Waals surface area contributed by atoms with E-state index in [1.54, 1.807) is 0 Å². The molecule has 1 aliphatic heterocycles. The molecule has 1 N–H and O–H groups in total. The van der Waals surface area contributed by atoms with E-state index in [1.807, 2.05) is 0 Å². The molecule has 0 radical (unpaired) electrons. The van der Waals surface area contributed by atoms with Gasteiger partial charge in [-0.25, -0.2) is 0 Å². The number of hydrogen-bond acceptors (Lipinski definition) is 3. The molecule has 1 atom stereocenters. The van der Waals surface area contributed by atoms with Gasteiger partial charge in [-0.1, -0.05) is 39.0 Å². The lowest BCUT2D eigenvalue weighted by molar-refractivity contribution is 0.0602. The zero-order chi connectivity index (χ0) is 15.7. The van der Waals surface area contributed by atoms with Gasteiger partial charge in [0.25, 0.3) is 0 Å². The Bertz CT molecular complexity index is 257. The Morgan fingerprint density at radius 2 is 1.62 bits per heavy atom. The van der Waals surface area contributed by atoms with Gasteiger partial charge in [0.1, 0.15) is 0 Å². The summed E-state index contributed by atoms with van der Waals surface area (Å²) < 4.78 is 0. The summed E-state index contributed by atoms with van der Waals surface area (Å²) in [4.78, 5) is 5.08. The monoisotopic (exact) mass is 297 g/mol. The molecule has 1 aliphatic rings. The van der Waals surface area contributed by atoms with Gasteiger partial charge in [0.2, 0.25) is 0 Å². The minimum Gasteiger partial charge on any atom is -0.312 e. The highest BCUT2D eigenvalue weighted by Gasteiger charge is 2.29. The van der Waals surface area contributed by atoms with Crippen molar-refractivity contribution in [2.75, 3.05) is 39.8 Å². The molecule has 3 heteroatoms. The van der Waals surface area contributed by atoms with Crippen LogP contribution in [-0.4, -0.2) is 61.2 Å². The highest BCUT2D eigenvalue weighted by molar-refractivity contribution is 4.87. The van der Waals surface area contributed by atoms with Gasteiger partial charge in [-0.05, 0) is 34.2 Å². The summed E-state index contributed by atoms with van der Waals surface area (Å²) in [5, 5.41) is 3.77. The highest BCUT2D eigenvalue weighted by Crippen LogP contribution is 2.16. The summed E-state index contributed by atoms with van der Waals surface area (Å²) in [6.45, 7) is 15.3. The molecule has 0 aliphatic carbocycles. The van der Waals surface area contributed by atoms with E-state index in [-0.39, 0.29) is 5.54 Å². The molecular weight excluding hydrogens is 258 g/mol. The van der Waals surface area contributed by atoms with Gasteiger partial charge in [-0.2, -0.15) is 0 Å². The number of hydrogen-bond donors (Lipinski definition) is 1. The second-order valence-electron chi connectivity index (χ2n) is 7.59. The minimum atomic E-state index is 0.276. The van der Waals surface area contributed by atoms with Crippen LogP contribution in [0.25, 0.3) is 0 Å². The summed E-state index contributed by atoms with van der Waals surface area (Å²) in [6, 6.07) is 0.651. The molecule has 0 aromatic heterocycles. The van der Waals surface area contributed by atoms with E-state index < -0.39 is 0 Å². The summed E-state index contributed by atoms with van der Waals surface area (Å²) in [6.07, 6.45) is 8.26. The fraction of sp³-hybridized carbons (Fsp3) is 1.00. The summed E-state index contributed by atoms with van der Waals surface area (Å²) in [7, 11) is 2.23. The molecule has 0 saturated carbocycles. The predicted octanol–water partition coefficient (Wildman–Crippen LogP) is 3.35. The summed E-state index contributed by atoms with van der Waals surface area (Å²) in [5.74, 6) is 0. The van der Waals surface area contributed by atoms with Crippen molar-refractivity contribution in [3.63, 3.8) is 0 Å². The highest BCUT2D eigenvalue weighted by atomic mass is 15.3. The molecule has 3 nitrogen and oxygen atoms in total. The van der Waals surface area contributed by atoms with Gasteiger partial charge in [0, 0.05) is 44.3 Å². The molecular formula is C18H39N3. The molecule has 0 aromatic rings. The van der Waals surface area contributed by atoms with E-state index in [2.05, 4.69) is 49.9 Å². The summed E-state index contributed by atoms with van der Waals surface area (Å²) in [5.41, 5.74) is 0.276. The average molecular weight is 298 g/mol. The molecule has 21 heavy (non-hydrogen) atoms. The van der Waals surface area contributed by atoms with Crippen molar-refractivity contribution in [2.24, 2.45) is 0 Å². The van der Waals surface area contributed by atoms with Crippen LogP contribution in [0.15, 0.2) is 0 Å². The van der Waals surface area contributed by atoms with Crippen LogP contribution in [0.4, 0.5) is 0 Å². The second kappa shape index (κ2) is 9.81. The van der Waals surface area contributed by atoms with Gasteiger partial charge in [0.05, 0.1) is 0 Å². The van der Waals surface area contributed by atoms with Crippen molar-refractivity contribution in [1.82, 2.24) is 15.1 Å². The molecule has 1 rings (SSSR count). The third-order valence-corrected chi connectivity index (χ3v) is 4.98. The molecule has 1 fully saturated rings. The molecule has 1 saturated heterocycles. The minimum absolute atomic E-state index is 0.276. The van der Waals surface area contributed by atoms with Gasteiger partial charge in [-0.15, -0.1) is 0 Å². The van der Waals surface area contributed by atoms with Crippen molar-refractivity contribution in [3.05, 3.63) is 0 Å². The van der Waals surface area contributed by atoms with Crippen LogP contribution >= 0.6 is 0 Å². The fourth-order valence-corrected chi connectivity index (χ4v) is 3.10. The molecule has 1 heterocycles. The lowest BCUT2D eigenvalue weighted by atomic mass is 10.00. The average Bonchev–Trinajstić information content (AvgIpc) is 2.45. The first-order valence-electron chi connectivity index (χ1n) is 9.12. The van der Waals surface area contributed by atoms with Crippen LogP contribution in [0.1, 0.15) is 66.2 Å². The zero-order valence-corrected chi connectivity index (χ0v) is 15.2. The smallest absolute Gasteiger partial charge is 0.0278 e. The third kappa shape index (κ3) is 7.62. The quantitative estimate of drug-likeness (QED) is 0.624. The van der Waals surface area contributed by atoms with Crippen LogP contribution in [0.2, 0.25) is 0 Å². The lowest BCUT2D eigenvalue weighted by Crippen LogP contribution is -2.58. The van der Waals surface area contributed by atoms with E-state index in [0.717, 1.165) is 6.54 Å². The van der Waals surface area contributed by atoms with Crippen molar-refractivity contribution in [3.8, 4) is 0 Å². The Hall–Kier alpha value is -0.120. The van der Waals surface area contributed by atoms with Crippen LogP contribution in [0.3, 0.4) is 0 Å². The van der Waals surface area contributed by atoms with E-state index in [9.17, 15) is 0 Å². The maximum Gasteiger partial charge on any atom is 0.0278 e. The standard InChI is InChI=1S/C18H39N3/c1-6-7-8-9-10-11-17(2)19-16-18(3,4)21-14-12-20(5)13-15-21/h17,19H,6-16H2,1-5H3. The molecule has 0 amide bonds. The van der Waals surface area contributed by atoms with Crippen LogP contribution in [0.5, 0.6) is 0 Å². The molecule has 0 spiro atoms. The molecule has 1 unspecified atom stereocenters. The normalized spacial score (nSPS) is 19.9. The predicted molar refractivity (Wildman–Crippen MR) is 94.0 cm³/mol. The Labute approximate surface area is 133 Å².